The summed E-state index contributed by atoms with van der Waals surface area (Å²) in [5.41, 5.74) is 0.106. The van der Waals surface area contributed by atoms with Gasteiger partial charge in [0.05, 0.1) is 13.2 Å². The quantitative estimate of drug-likeness (QED) is 0.841. The first-order valence-corrected chi connectivity index (χ1v) is 8.47. The Morgan fingerprint density at radius 3 is 2.68 bits per heavy atom. The van der Waals surface area contributed by atoms with Crippen molar-refractivity contribution < 1.29 is 18.5 Å². The summed E-state index contributed by atoms with van der Waals surface area (Å²) in [6.45, 7) is 11.2. The normalized spacial score (nSPS) is 18.8. The lowest BCUT2D eigenvalue weighted by Gasteiger charge is -2.30. The van der Waals surface area contributed by atoms with E-state index in [9.17, 15) is 4.79 Å². The minimum Gasteiger partial charge on any atom is -0.422 e. The maximum absolute atomic E-state index is 12.7. The summed E-state index contributed by atoms with van der Waals surface area (Å²) in [5, 5.41) is 12.0. The lowest BCUT2D eigenvalue weighted by atomic mass is 9.93. The highest BCUT2D eigenvalue weighted by molar-refractivity contribution is 5.92. The monoisotopic (exact) mass is 348 g/mol. The van der Waals surface area contributed by atoms with E-state index >= 15 is 0 Å². The maximum Gasteiger partial charge on any atom is 0.276 e. The molecule has 1 saturated heterocycles. The van der Waals surface area contributed by atoms with Crippen LogP contribution in [0, 0.1) is 0 Å². The fraction of sp³-hybridized carbons (Fsp3) is 0.647. The molecule has 1 aliphatic heterocycles. The van der Waals surface area contributed by atoms with Crippen molar-refractivity contribution in [3.63, 3.8) is 0 Å². The number of nitrogens with zero attached hydrogens (tertiary/aromatic N) is 4. The summed E-state index contributed by atoms with van der Waals surface area (Å²) in [5.74, 6) is 1.61. The van der Waals surface area contributed by atoms with Crippen LogP contribution in [-0.2, 0) is 10.2 Å². The minimum atomic E-state index is -0.424. The molecule has 3 rings (SSSR count). The number of hydrogen-bond acceptors (Lipinski definition) is 7. The second-order valence-corrected chi connectivity index (χ2v) is 7.57. The first kappa shape index (κ1) is 17.6. The molecule has 0 radical (unpaired) electrons. The molecule has 0 N–H and O–H groups in total. The number of aromatic nitrogens is 3. The Kier molecular flexibility index (Phi) is 4.64. The molecule has 1 atom stereocenters. The van der Waals surface area contributed by atoms with Gasteiger partial charge >= 0.3 is 0 Å². The van der Waals surface area contributed by atoms with Crippen molar-refractivity contribution in [3.05, 3.63) is 29.3 Å². The van der Waals surface area contributed by atoms with Gasteiger partial charge in [-0.1, -0.05) is 39.8 Å². The van der Waals surface area contributed by atoms with Crippen LogP contribution in [0.3, 0.4) is 0 Å². The van der Waals surface area contributed by atoms with Gasteiger partial charge in [0.25, 0.3) is 5.91 Å². The number of amides is 1. The molecule has 3 heterocycles. The molecule has 0 aromatic carbocycles. The Morgan fingerprint density at radius 1 is 1.32 bits per heavy atom. The second-order valence-electron chi connectivity index (χ2n) is 7.57. The highest BCUT2D eigenvalue weighted by Crippen LogP contribution is 2.26. The van der Waals surface area contributed by atoms with Gasteiger partial charge in [-0.25, -0.2) is 0 Å². The number of rotatable bonds is 3. The Balaban J connectivity index is 1.72. The minimum absolute atomic E-state index is 0.147. The Morgan fingerprint density at radius 2 is 2.08 bits per heavy atom. The third-order valence-corrected chi connectivity index (χ3v) is 4.05. The lowest BCUT2D eigenvalue weighted by molar-refractivity contribution is -0.0353. The summed E-state index contributed by atoms with van der Waals surface area (Å²) in [6, 6.07) is 1.70. The van der Waals surface area contributed by atoms with E-state index in [-0.39, 0.29) is 17.2 Å². The van der Waals surface area contributed by atoms with Gasteiger partial charge in [-0.15, -0.1) is 10.2 Å². The summed E-state index contributed by atoms with van der Waals surface area (Å²) < 4.78 is 16.7. The molecule has 0 bridgehead atoms. The van der Waals surface area contributed by atoms with Gasteiger partial charge in [0.15, 0.2) is 11.8 Å². The molecule has 136 valence electrons. The number of ether oxygens (including phenoxy) is 1. The van der Waals surface area contributed by atoms with Crippen LogP contribution in [-0.4, -0.2) is 45.9 Å². The van der Waals surface area contributed by atoms with Gasteiger partial charge in [0.1, 0.15) is 5.76 Å². The molecule has 2 aromatic heterocycles. The van der Waals surface area contributed by atoms with Crippen LogP contribution >= 0.6 is 0 Å². The van der Waals surface area contributed by atoms with E-state index in [1.165, 1.54) is 0 Å². The van der Waals surface area contributed by atoms with Crippen molar-refractivity contribution in [1.82, 2.24) is 20.3 Å². The highest BCUT2D eigenvalue weighted by atomic mass is 16.5. The van der Waals surface area contributed by atoms with Gasteiger partial charge in [-0.2, -0.15) is 0 Å². The summed E-state index contributed by atoms with van der Waals surface area (Å²) in [7, 11) is 0. The van der Waals surface area contributed by atoms with E-state index in [0.29, 0.717) is 42.9 Å². The SMILES string of the molecule is CC(C)c1nnc([C@H]2CN(C(=O)c3cc(C(C)(C)C)on3)CCO2)o1. The third-order valence-electron chi connectivity index (χ3n) is 4.05. The van der Waals surface area contributed by atoms with E-state index in [1.54, 1.807) is 11.0 Å². The van der Waals surface area contributed by atoms with Crippen LogP contribution in [0.4, 0.5) is 0 Å². The number of morpholine rings is 1. The first-order valence-electron chi connectivity index (χ1n) is 8.47. The molecule has 2 aromatic rings. The van der Waals surface area contributed by atoms with E-state index in [0.717, 1.165) is 0 Å². The first-order chi connectivity index (χ1) is 11.8. The van der Waals surface area contributed by atoms with Crippen molar-refractivity contribution in [2.24, 2.45) is 0 Å². The van der Waals surface area contributed by atoms with Crippen molar-refractivity contribution in [1.29, 1.82) is 0 Å². The molecular formula is C17H24N4O4. The molecular weight excluding hydrogens is 324 g/mol. The molecule has 1 aliphatic rings. The van der Waals surface area contributed by atoms with Crippen molar-refractivity contribution in [2.75, 3.05) is 19.7 Å². The highest BCUT2D eigenvalue weighted by Gasteiger charge is 2.32. The smallest absolute Gasteiger partial charge is 0.276 e. The van der Waals surface area contributed by atoms with Crippen molar-refractivity contribution in [3.8, 4) is 0 Å². The van der Waals surface area contributed by atoms with E-state index in [2.05, 4.69) is 15.4 Å². The predicted octanol–water partition coefficient (Wildman–Crippen LogP) is 2.69. The topological polar surface area (TPSA) is 94.5 Å². The van der Waals surface area contributed by atoms with Crippen molar-refractivity contribution >= 4 is 5.91 Å². The summed E-state index contributed by atoms with van der Waals surface area (Å²) >= 11 is 0. The molecule has 0 unspecified atom stereocenters. The lowest BCUT2D eigenvalue weighted by Crippen LogP contribution is -2.42. The van der Waals surface area contributed by atoms with Crippen LogP contribution in [0.5, 0.6) is 0 Å². The van der Waals surface area contributed by atoms with Crippen LogP contribution in [0.15, 0.2) is 15.0 Å². The van der Waals surface area contributed by atoms with Gasteiger partial charge in [0, 0.05) is 23.9 Å². The Labute approximate surface area is 146 Å². The summed E-state index contributed by atoms with van der Waals surface area (Å²) in [4.78, 5) is 14.4. The van der Waals surface area contributed by atoms with E-state index in [4.69, 9.17) is 13.7 Å². The molecule has 0 aliphatic carbocycles. The molecule has 8 nitrogen and oxygen atoms in total. The van der Waals surface area contributed by atoms with Gasteiger partial charge in [-0.3, -0.25) is 4.79 Å². The Bertz CT molecular complexity index is 744. The summed E-state index contributed by atoms with van der Waals surface area (Å²) in [6.07, 6.45) is -0.424. The average molecular weight is 348 g/mol. The van der Waals surface area contributed by atoms with Gasteiger partial charge in [-0.05, 0) is 0 Å². The predicted molar refractivity (Wildman–Crippen MR) is 88.2 cm³/mol. The van der Waals surface area contributed by atoms with Crippen molar-refractivity contribution in [2.45, 2.75) is 52.1 Å². The zero-order chi connectivity index (χ0) is 18.2. The Hall–Kier alpha value is -2.22. The maximum atomic E-state index is 12.7. The third kappa shape index (κ3) is 3.73. The zero-order valence-corrected chi connectivity index (χ0v) is 15.3. The molecule has 1 fully saturated rings. The largest absolute Gasteiger partial charge is 0.422 e. The molecule has 25 heavy (non-hydrogen) atoms. The zero-order valence-electron chi connectivity index (χ0n) is 15.3. The number of hydrogen-bond donors (Lipinski definition) is 0. The standard InChI is InChI=1S/C17H24N4O4/c1-10(2)14-18-19-15(24-14)12-9-21(6-7-23-12)16(22)11-8-13(25-20-11)17(3,4)5/h8,10,12H,6-7,9H2,1-5H3/t12-/m1/s1. The molecule has 8 heteroatoms. The molecule has 1 amide bonds. The number of carbonyl (C=O) groups excluding carboxylic acids is 1. The molecule has 0 spiro atoms. The fourth-order valence-electron chi connectivity index (χ4n) is 2.48. The average Bonchev–Trinajstić information content (AvgIpc) is 3.23. The second kappa shape index (κ2) is 6.59. The van der Waals surface area contributed by atoms with E-state index < -0.39 is 6.10 Å². The number of carbonyl (C=O) groups is 1. The van der Waals surface area contributed by atoms with Crippen LogP contribution < -0.4 is 0 Å². The fourth-order valence-corrected chi connectivity index (χ4v) is 2.48. The van der Waals surface area contributed by atoms with Gasteiger partial charge in [0.2, 0.25) is 11.8 Å². The van der Waals surface area contributed by atoms with Crippen LogP contribution in [0.1, 0.15) is 74.7 Å². The van der Waals surface area contributed by atoms with E-state index in [1.807, 2.05) is 34.6 Å². The van der Waals surface area contributed by atoms with Crippen LogP contribution in [0.25, 0.3) is 0 Å². The van der Waals surface area contributed by atoms with Gasteiger partial charge < -0.3 is 18.6 Å². The van der Waals surface area contributed by atoms with Crippen LogP contribution in [0.2, 0.25) is 0 Å². The molecule has 0 saturated carbocycles.